The number of hydrogen-bond acceptors (Lipinski definition) is 3. The van der Waals surface area contributed by atoms with E-state index in [1.54, 1.807) is 0 Å². The maximum Gasteiger partial charge on any atom is 0.147 e. The maximum absolute atomic E-state index is 4.37. The third kappa shape index (κ3) is 3.22. The fourth-order valence-corrected chi connectivity index (χ4v) is 2.80. The quantitative estimate of drug-likeness (QED) is 0.821. The van der Waals surface area contributed by atoms with E-state index in [-0.39, 0.29) is 0 Å². The van der Waals surface area contributed by atoms with E-state index in [0.717, 1.165) is 18.9 Å². The lowest BCUT2D eigenvalue weighted by molar-refractivity contribution is 0.206. The molecular formula is C13H24N4. The lowest BCUT2D eigenvalue weighted by Gasteiger charge is -2.37. The topological polar surface area (TPSA) is 41.9 Å². The molecule has 1 aromatic rings. The van der Waals surface area contributed by atoms with Gasteiger partial charge >= 0.3 is 0 Å². The van der Waals surface area contributed by atoms with E-state index in [2.05, 4.69) is 22.7 Å². The van der Waals surface area contributed by atoms with Gasteiger partial charge in [0.15, 0.2) is 0 Å². The molecule has 1 saturated heterocycles. The van der Waals surface area contributed by atoms with Gasteiger partial charge in [0.1, 0.15) is 5.82 Å². The maximum atomic E-state index is 4.37. The zero-order valence-corrected chi connectivity index (χ0v) is 11.0. The summed E-state index contributed by atoms with van der Waals surface area (Å²) in [4.78, 5) is 0. The van der Waals surface area contributed by atoms with Gasteiger partial charge in [-0.3, -0.25) is 4.68 Å². The Bertz CT molecular complexity index is 333. The summed E-state index contributed by atoms with van der Waals surface area (Å²) in [5, 5.41) is 11.4. The lowest BCUT2D eigenvalue weighted by Crippen LogP contribution is -2.44. The molecule has 1 aromatic heterocycles. The van der Waals surface area contributed by atoms with Gasteiger partial charge in [-0.2, -0.15) is 5.10 Å². The van der Waals surface area contributed by atoms with Gasteiger partial charge < -0.3 is 10.6 Å². The molecule has 1 atom stereocenters. The van der Waals surface area contributed by atoms with Gasteiger partial charge in [-0.15, -0.1) is 0 Å². The smallest absolute Gasteiger partial charge is 0.147 e. The van der Waals surface area contributed by atoms with E-state index in [9.17, 15) is 0 Å². The highest BCUT2D eigenvalue weighted by Gasteiger charge is 2.30. The SMILES string of the molecule is CCCC1(CNc2ccn(C)n2)CCCNC1. The predicted molar refractivity (Wildman–Crippen MR) is 71.1 cm³/mol. The van der Waals surface area contributed by atoms with Crippen molar-refractivity contribution < 1.29 is 0 Å². The monoisotopic (exact) mass is 236 g/mol. The average molecular weight is 236 g/mol. The van der Waals surface area contributed by atoms with Crippen LogP contribution in [0.3, 0.4) is 0 Å². The van der Waals surface area contributed by atoms with Gasteiger partial charge in [0.2, 0.25) is 0 Å². The van der Waals surface area contributed by atoms with Crippen LogP contribution < -0.4 is 10.6 Å². The van der Waals surface area contributed by atoms with Crippen molar-refractivity contribution in [3.8, 4) is 0 Å². The molecule has 4 nitrogen and oxygen atoms in total. The van der Waals surface area contributed by atoms with E-state index >= 15 is 0 Å². The van der Waals surface area contributed by atoms with Gasteiger partial charge in [-0.1, -0.05) is 13.3 Å². The minimum absolute atomic E-state index is 0.421. The summed E-state index contributed by atoms with van der Waals surface area (Å²) in [6, 6.07) is 2.04. The number of nitrogens with one attached hydrogen (secondary N) is 2. The summed E-state index contributed by atoms with van der Waals surface area (Å²) < 4.78 is 1.84. The highest BCUT2D eigenvalue weighted by molar-refractivity contribution is 5.32. The number of aryl methyl sites for hydroxylation is 1. The minimum atomic E-state index is 0.421. The van der Waals surface area contributed by atoms with Crippen molar-refractivity contribution in [2.24, 2.45) is 12.5 Å². The zero-order chi connectivity index (χ0) is 12.1. The molecule has 2 heterocycles. The van der Waals surface area contributed by atoms with Gasteiger partial charge in [0.25, 0.3) is 0 Å². The molecule has 96 valence electrons. The van der Waals surface area contributed by atoms with Crippen molar-refractivity contribution in [1.82, 2.24) is 15.1 Å². The summed E-state index contributed by atoms with van der Waals surface area (Å²) >= 11 is 0. The Kier molecular flexibility index (Phi) is 4.05. The molecule has 0 bridgehead atoms. The highest BCUT2D eigenvalue weighted by atomic mass is 15.3. The van der Waals surface area contributed by atoms with E-state index in [1.165, 1.54) is 32.2 Å². The van der Waals surface area contributed by atoms with Crippen LogP contribution in [0.25, 0.3) is 0 Å². The van der Waals surface area contributed by atoms with Crippen molar-refractivity contribution in [2.45, 2.75) is 32.6 Å². The van der Waals surface area contributed by atoms with Crippen LogP contribution in [-0.2, 0) is 7.05 Å². The molecule has 0 aliphatic carbocycles. The number of nitrogens with zero attached hydrogens (tertiary/aromatic N) is 2. The van der Waals surface area contributed by atoms with Crippen molar-refractivity contribution in [2.75, 3.05) is 25.0 Å². The fraction of sp³-hybridized carbons (Fsp3) is 0.769. The van der Waals surface area contributed by atoms with E-state index < -0.39 is 0 Å². The van der Waals surface area contributed by atoms with Crippen LogP contribution in [0.4, 0.5) is 5.82 Å². The van der Waals surface area contributed by atoms with Crippen LogP contribution in [-0.4, -0.2) is 29.4 Å². The van der Waals surface area contributed by atoms with E-state index in [1.807, 2.05) is 24.0 Å². The highest BCUT2D eigenvalue weighted by Crippen LogP contribution is 2.31. The Morgan fingerprint density at radius 3 is 3.06 bits per heavy atom. The molecule has 1 aliphatic heterocycles. The summed E-state index contributed by atoms with van der Waals surface area (Å²) in [6.45, 7) is 5.62. The van der Waals surface area contributed by atoms with Gasteiger partial charge in [-0.25, -0.2) is 0 Å². The Labute approximate surface area is 104 Å². The lowest BCUT2D eigenvalue weighted by atomic mass is 9.77. The van der Waals surface area contributed by atoms with Crippen molar-refractivity contribution in [3.05, 3.63) is 12.3 Å². The minimum Gasteiger partial charge on any atom is -0.368 e. The van der Waals surface area contributed by atoms with E-state index in [0.29, 0.717) is 5.41 Å². The van der Waals surface area contributed by atoms with Gasteiger partial charge in [0, 0.05) is 37.8 Å². The number of rotatable bonds is 5. The molecule has 17 heavy (non-hydrogen) atoms. The molecule has 1 unspecified atom stereocenters. The van der Waals surface area contributed by atoms with Gasteiger partial charge in [-0.05, 0) is 25.8 Å². The molecule has 2 rings (SSSR count). The average Bonchev–Trinajstić information content (AvgIpc) is 2.75. The number of piperidine rings is 1. The van der Waals surface area contributed by atoms with Crippen LogP contribution in [0, 0.1) is 5.41 Å². The standard InChI is InChI=1S/C13H24N4/c1-3-6-13(7-4-8-14-10-13)11-15-12-5-9-17(2)16-12/h5,9,14H,3-4,6-8,10-11H2,1-2H3,(H,15,16). The van der Waals surface area contributed by atoms with Crippen LogP contribution in [0.15, 0.2) is 12.3 Å². The van der Waals surface area contributed by atoms with Crippen molar-refractivity contribution in [1.29, 1.82) is 0 Å². The van der Waals surface area contributed by atoms with E-state index in [4.69, 9.17) is 0 Å². The number of anilines is 1. The van der Waals surface area contributed by atoms with Crippen LogP contribution in [0.2, 0.25) is 0 Å². The Hall–Kier alpha value is -1.03. The second-order valence-corrected chi connectivity index (χ2v) is 5.26. The normalized spacial score (nSPS) is 24.8. The molecule has 1 aliphatic rings. The summed E-state index contributed by atoms with van der Waals surface area (Å²) in [5.41, 5.74) is 0.421. The first kappa shape index (κ1) is 12.4. The summed E-state index contributed by atoms with van der Waals surface area (Å²) in [7, 11) is 1.95. The second kappa shape index (κ2) is 5.54. The summed E-state index contributed by atoms with van der Waals surface area (Å²) in [6.07, 6.45) is 7.15. The largest absolute Gasteiger partial charge is 0.368 e. The first-order chi connectivity index (χ1) is 8.24. The molecule has 4 heteroatoms. The third-order valence-electron chi connectivity index (χ3n) is 3.70. The molecule has 2 N–H and O–H groups in total. The Morgan fingerprint density at radius 2 is 2.47 bits per heavy atom. The molecule has 0 radical (unpaired) electrons. The van der Waals surface area contributed by atoms with Gasteiger partial charge in [0.05, 0.1) is 0 Å². The first-order valence-corrected chi connectivity index (χ1v) is 6.68. The third-order valence-corrected chi connectivity index (χ3v) is 3.70. The van der Waals surface area contributed by atoms with Crippen molar-refractivity contribution >= 4 is 5.82 Å². The van der Waals surface area contributed by atoms with Crippen LogP contribution in [0.1, 0.15) is 32.6 Å². The predicted octanol–water partition coefficient (Wildman–Crippen LogP) is 2.00. The molecular weight excluding hydrogens is 212 g/mol. The fourth-order valence-electron chi connectivity index (χ4n) is 2.80. The van der Waals surface area contributed by atoms with Crippen LogP contribution in [0.5, 0.6) is 0 Å². The zero-order valence-electron chi connectivity index (χ0n) is 11.0. The number of hydrogen-bond donors (Lipinski definition) is 2. The number of aromatic nitrogens is 2. The Balaban J connectivity index is 1.93. The molecule has 0 spiro atoms. The molecule has 0 saturated carbocycles. The summed E-state index contributed by atoms with van der Waals surface area (Å²) in [5.74, 6) is 0.994. The first-order valence-electron chi connectivity index (χ1n) is 6.68. The van der Waals surface area contributed by atoms with Crippen LogP contribution >= 0.6 is 0 Å². The second-order valence-electron chi connectivity index (χ2n) is 5.26. The Morgan fingerprint density at radius 1 is 1.59 bits per heavy atom. The molecule has 0 aromatic carbocycles. The van der Waals surface area contributed by atoms with Crippen molar-refractivity contribution in [3.63, 3.8) is 0 Å². The molecule has 0 amide bonds. The molecule has 1 fully saturated rings.